The minimum atomic E-state index is -0.825. The number of rotatable bonds is 5. The zero-order valence-corrected chi connectivity index (χ0v) is 11.4. The molecule has 0 aliphatic heterocycles. The molecule has 1 unspecified atom stereocenters. The lowest BCUT2D eigenvalue weighted by molar-refractivity contribution is -0.160. The third kappa shape index (κ3) is 3.70. The van der Waals surface area contributed by atoms with E-state index in [9.17, 15) is 9.90 Å². The van der Waals surface area contributed by atoms with Gasteiger partial charge in [0, 0.05) is 0 Å². The first-order valence-corrected chi connectivity index (χ1v) is 6.83. The molecule has 0 bridgehead atoms. The van der Waals surface area contributed by atoms with Crippen molar-refractivity contribution in [3.8, 4) is 0 Å². The molecule has 0 spiro atoms. The number of carbonyl (C=O) groups excluding carboxylic acids is 1. The second kappa shape index (κ2) is 6.39. The van der Waals surface area contributed by atoms with Crippen molar-refractivity contribution in [3.05, 3.63) is 0 Å². The van der Waals surface area contributed by atoms with Crippen LogP contribution in [0, 0.1) is 11.8 Å². The van der Waals surface area contributed by atoms with Crippen LogP contribution in [0.1, 0.15) is 58.8 Å². The van der Waals surface area contributed by atoms with Gasteiger partial charge in [-0.05, 0) is 38.0 Å². The lowest BCUT2D eigenvalue weighted by Gasteiger charge is -2.39. The van der Waals surface area contributed by atoms with E-state index < -0.39 is 5.60 Å². The lowest BCUT2D eigenvalue weighted by atomic mass is 9.71. The van der Waals surface area contributed by atoms with E-state index in [1.165, 1.54) is 7.11 Å². The van der Waals surface area contributed by atoms with Gasteiger partial charge in [0.05, 0.1) is 18.6 Å². The predicted octanol–water partition coefficient (Wildman–Crippen LogP) is 2.91. The van der Waals surface area contributed by atoms with Gasteiger partial charge in [-0.1, -0.05) is 26.7 Å². The monoisotopic (exact) mass is 242 g/mol. The van der Waals surface area contributed by atoms with Gasteiger partial charge >= 0.3 is 5.97 Å². The summed E-state index contributed by atoms with van der Waals surface area (Å²) in [5.74, 6) is 0.0928. The summed E-state index contributed by atoms with van der Waals surface area (Å²) < 4.78 is 4.86. The maximum absolute atomic E-state index is 11.8. The highest BCUT2D eigenvalue weighted by molar-refractivity contribution is 5.73. The predicted molar refractivity (Wildman–Crippen MR) is 67.6 cm³/mol. The molecule has 1 aliphatic rings. The Bertz CT molecular complexity index is 242. The second-order valence-corrected chi connectivity index (χ2v) is 5.50. The highest BCUT2D eigenvalue weighted by Crippen LogP contribution is 2.39. The molecule has 17 heavy (non-hydrogen) atoms. The van der Waals surface area contributed by atoms with Gasteiger partial charge in [0.25, 0.3) is 0 Å². The van der Waals surface area contributed by atoms with E-state index in [1.54, 1.807) is 0 Å². The molecule has 0 radical (unpaired) electrons. The van der Waals surface area contributed by atoms with E-state index in [1.807, 2.05) is 0 Å². The average molecular weight is 242 g/mol. The van der Waals surface area contributed by atoms with Gasteiger partial charge < -0.3 is 9.84 Å². The molecule has 1 saturated carbocycles. The summed E-state index contributed by atoms with van der Waals surface area (Å²) >= 11 is 0. The smallest absolute Gasteiger partial charge is 0.311 e. The Labute approximate surface area is 105 Å². The summed E-state index contributed by atoms with van der Waals surface area (Å²) in [6.07, 6.45) is 6.24. The molecule has 1 aliphatic carbocycles. The quantitative estimate of drug-likeness (QED) is 0.754. The fourth-order valence-electron chi connectivity index (χ4n) is 2.77. The molecule has 1 rings (SSSR count). The van der Waals surface area contributed by atoms with Gasteiger partial charge in [-0.2, -0.15) is 0 Å². The van der Waals surface area contributed by atoms with Gasteiger partial charge in [0.1, 0.15) is 0 Å². The molecule has 0 aromatic carbocycles. The van der Waals surface area contributed by atoms with Crippen LogP contribution in [-0.4, -0.2) is 23.8 Å². The van der Waals surface area contributed by atoms with Crippen molar-refractivity contribution < 1.29 is 14.6 Å². The van der Waals surface area contributed by atoms with Crippen molar-refractivity contribution in [2.24, 2.45) is 11.8 Å². The first-order valence-electron chi connectivity index (χ1n) is 6.83. The average Bonchev–Trinajstić information content (AvgIpc) is 2.33. The minimum absolute atomic E-state index is 0.240. The summed E-state index contributed by atoms with van der Waals surface area (Å²) in [4.78, 5) is 11.8. The third-order valence-electron chi connectivity index (χ3n) is 4.12. The van der Waals surface area contributed by atoms with Crippen LogP contribution in [0.25, 0.3) is 0 Å². The van der Waals surface area contributed by atoms with Gasteiger partial charge in [0.15, 0.2) is 0 Å². The molecular weight excluding hydrogens is 216 g/mol. The largest absolute Gasteiger partial charge is 0.469 e. The maximum atomic E-state index is 11.8. The van der Waals surface area contributed by atoms with Crippen molar-refractivity contribution in [2.45, 2.75) is 64.4 Å². The Morgan fingerprint density at radius 1 is 1.47 bits per heavy atom. The minimum Gasteiger partial charge on any atom is -0.469 e. The van der Waals surface area contributed by atoms with Crippen LogP contribution >= 0.6 is 0 Å². The number of carbonyl (C=O) groups is 1. The molecule has 0 saturated heterocycles. The number of methoxy groups -OCH3 is 1. The van der Waals surface area contributed by atoms with Crippen LogP contribution in [0.2, 0.25) is 0 Å². The Hall–Kier alpha value is -0.570. The van der Waals surface area contributed by atoms with Crippen LogP contribution in [0.4, 0.5) is 0 Å². The number of hydrogen-bond donors (Lipinski definition) is 1. The van der Waals surface area contributed by atoms with Crippen LogP contribution in [0.5, 0.6) is 0 Å². The van der Waals surface area contributed by atoms with Gasteiger partial charge in [-0.25, -0.2) is 0 Å². The number of unbranched alkanes of at least 4 members (excludes halogenated alkanes) is 1. The fourth-order valence-corrected chi connectivity index (χ4v) is 2.77. The Kier molecular flexibility index (Phi) is 5.44. The molecular formula is C14H26O3. The van der Waals surface area contributed by atoms with Crippen molar-refractivity contribution in [3.63, 3.8) is 0 Å². The molecule has 0 aromatic rings. The normalized spacial score (nSPS) is 30.9. The molecule has 100 valence electrons. The Morgan fingerprint density at radius 3 is 2.53 bits per heavy atom. The van der Waals surface area contributed by atoms with Crippen LogP contribution in [-0.2, 0) is 9.53 Å². The Balaban J connectivity index is 2.70. The third-order valence-corrected chi connectivity index (χ3v) is 4.12. The summed E-state index contributed by atoms with van der Waals surface area (Å²) in [5, 5.41) is 10.7. The SMILES string of the molecule is CCCCC(C(=O)OC)C1(O)CCC(C)CC1. The molecule has 1 fully saturated rings. The fraction of sp³-hybridized carbons (Fsp3) is 0.929. The summed E-state index contributed by atoms with van der Waals surface area (Å²) in [6.45, 7) is 4.31. The lowest BCUT2D eigenvalue weighted by Crippen LogP contribution is -2.45. The van der Waals surface area contributed by atoms with E-state index in [2.05, 4.69) is 13.8 Å². The van der Waals surface area contributed by atoms with E-state index in [0.29, 0.717) is 5.92 Å². The molecule has 3 nitrogen and oxygen atoms in total. The van der Waals surface area contributed by atoms with Crippen molar-refractivity contribution in [2.75, 3.05) is 7.11 Å². The first-order chi connectivity index (χ1) is 8.03. The number of aliphatic hydroxyl groups is 1. The molecule has 1 atom stereocenters. The van der Waals surface area contributed by atoms with Crippen molar-refractivity contribution in [1.82, 2.24) is 0 Å². The summed E-state index contributed by atoms with van der Waals surface area (Å²) in [6, 6.07) is 0. The van der Waals surface area contributed by atoms with Crippen molar-refractivity contribution in [1.29, 1.82) is 0 Å². The van der Waals surface area contributed by atoms with Crippen LogP contribution in [0.15, 0.2) is 0 Å². The highest BCUT2D eigenvalue weighted by atomic mass is 16.5. The zero-order chi connectivity index (χ0) is 12.9. The van der Waals surface area contributed by atoms with E-state index in [4.69, 9.17) is 4.74 Å². The molecule has 0 heterocycles. The summed E-state index contributed by atoms with van der Waals surface area (Å²) in [5.41, 5.74) is -0.825. The molecule has 3 heteroatoms. The molecule has 0 amide bonds. The van der Waals surface area contributed by atoms with Crippen LogP contribution < -0.4 is 0 Å². The topological polar surface area (TPSA) is 46.5 Å². The molecule has 1 N–H and O–H groups in total. The van der Waals surface area contributed by atoms with Crippen molar-refractivity contribution >= 4 is 5.97 Å². The Morgan fingerprint density at radius 2 is 2.06 bits per heavy atom. The zero-order valence-electron chi connectivity index (χ0n) is 11.4. The highest BCUT2D eigenvalue weighted by Gasteiger charge is 2.43. The number of esters is 1. The second-order valence-electron chi connectivity index (χ2n) is 5.50. The number of ether oxygens (including phenoxy) is 1. The van der Waals surface area contributed by atoms with E-state index >= 15 is 0 Å². The van der Waals surface area contributed by atoms with E-state index in [-0.39, 0.29) is 11.9 Å². The number of hydrogen-bond acceptors (Lipinski definition) is 3. The van der Waals surface area contributed by atoms with Gasteiger partial charge in [-0.15, -0.1) is 0 Å². The molecule has 0 aromatic heterocycles. The summed E-state index contributed by atoms with van der Waals surface area (Å²) in [7, 11) is 1.41. The van der Waals surface area contributed by atoms with Gasteiger partial charge in [0.2, 0.25) is 0 Å². The standard InChI is InChI=1S/C14H26O3/c1-4-5-6-12(13(15)17-3)14(16)9-7-11(2)8-10-14/h11-12,16H,4-10H2,1-3H3. The van der Waals surface area contributed by atoms with E-state index in [0.717, 1.165) is 44.9 Å². The first kappa shape index (κ1) is 14.5. The maximum Gasteiger partial charge on any atom is 0.311 e. The van der Waals surface area contributed by atoms with Crippen LogP contribution in [0.3, 0.4) is 0 Å². The van der Waals surface area contributed by atoms with Gasteiger partial charge in [-0.3, -0.25) is 4.79 Å².